The first-order chi connectivity index (χ1) is 8.78. The third-order valence-corrected chi connectivity index (χ3v) is 3.02. The number of hydrogen-bond acceptors (Lipinski definition) is 1. The van der Waals surface area contributed by atoms with Crippen LogP contribution in [0.15, 0.2) is 54.6 Å². The molecule has 0 spiro atoms. The Morgan fingerprint density at radius 1 is 0.944 bits per heavy atom. The third kappa shape index (κ3) is 3.60. The van der Waals surface area contributed by atoms with Crippen molar-refractivity contribution in [2.24, 2.45) is 0 Å². The molecule has 0 aliphatic rings. The largest absolute Gasteiger partial charge is 0.323 e. The van der Waals surface area contributed by atoms with E-state index in [0.717, 1.165) is 22.3 Å². The van der Waals surface area contributed by atoms with Crippen LogP contribution in [0.1, 0.15) is 5.56 Å². The first-order valence-corrected chi connectivity index (χ1v) is 6.68. The lowest BCUT2D eigenvalue weighted by molar-refractivity contribution is 0.262. The summed E-state index contributed by atoms with van der Waals surface area (Å²) in [6.07, 6.45) is 0. The fourth-order valence-corrected chi connectivity index (χ4v) is 1.90. The maximum atomic E-state index is 11.7. The zero-order valence-corrected chi connectivity index (χ0v) is 11.3. The average molecular weight is 305 g/mol. The van der Waals surface area contributed by atoms with Gasteiger partial charge in [0.15, 0.2) is 0 Å². The smallest absolute Gasteiger partial charge is 0.308 e. The van der Waals surface area contributed by atoms with Gasteiger partial charge in [0, 0.05) is 16.7 Å². The molecule has 0 aromatic heterocycles. The highest BCUT2D eigenvalue weighted by atomic mass is 79.9. The Labute approximate surface area is 114 Å². The van der Waals surface area contributed by atoms with E-state index in [2.05, 4.69) is 26.6 Å². The molecule has 3 nitrogen and oxygen atoms in total. The number of rotatable bonds is 3. The van der Waals surface area contributed by atoms with Gasteiger partial charge in [-0.15, -0.1) is 0 Å². The van der Waals surface area contributed by atoms with Crippen molar-refractivity contribution >= 4 is 33.3 Å². The molecule has 92 valence electrons. The fourth-order valence-electron chi connectivity index (χ4n) is 1.55. The van der Waals surface area contributed by atoms with E-state index >= 15 is 0 Å². The topological polar surface area (TPSA) is 41.1 Å². The molecule has 0 heterocycles. The molecule has 2 aromatic rings. The lowest BCUT2D eigenvalue weighted by Gasteiger charge is -2.08. The Kier molecular flexibility index (Phi) is 4.36. The highest BCUT2D eigenvalue weighted by Crippen LogP contribution is 2.13. The number of carbonyl (C=O) groups is 1. The molecule has 0 fully saturated rings. The van der Waals surface area contributed by atoms with Gasteiger partial charge in [0.05, 0.1) is 0 Å². The van der Waals surface area contributed by atoms with E-state index in [1.54, 1.807) is 0 Å². The molecule has 0 radical (unpaired) electrons. The number of benzene rings is 2. The number of nitrogens with one attached hydrogen (secondary N) is 2. The van der Waals surface area contributed by atoms with Crippen LogP contribution in [0.2, 0.25) is 0 Å². The molecule has 0 bridgehead atoms. The van der Waals surface area contributed by atoms with Crippen molar-refractivity contribution in [1.82, 2.24) is 0 Å². The predicted octanol–water partition coefficient (Wildman–Crippen LogP) is 4.23. The van der Waals surface area contributed by atoms with Crippen LogP contribution in [-0.4, -0.2) is 6.03 Å². The van der Waals surface area contributed by atoms with Gasteiger partial charge in [-0.2, -0.15) is 0 Å². The summed E-state index contributed by atoms with van der Waals surface area (Å²) >= 11 is 3.38. The van der Waals surface area contributed by atoms with Gasteiger partial charge in [-0.1, -0.05) is 46.3 Å². The van der Waals surface area contributed by atoms with Crippen LogP contribution in [0.25, 0.3) is 0 Å². The zero-order valence-electron chi connectivity index (χ0n) is 9.69. The van der Waals surface area contributed by atoms with Crippen molar-refractivity contribution in [2.45, 2.75) is 5.33 Å². The van der Waals surface area contributed by atoms with Gasteiger partial charge in [0.25, 0.3) is 0 Å². The molecule has 4 heteroatoms. The van der Waals surface area contributed by atoms with Gasteiger partial charge in [-0.3, -0.25) is 0 Å². The second kappa shape index (κ2) is 6.21. The van der Waals surface area contributed by atoms with Crippen LogP contribution in [0.3, 0.4) is 0 Å². The Bertz CT molecular complexity index is 528. The molecular formula is C14H13BrN2O. The maximum Gasteiger partial charge on any atom is 0.323 e. The van der Waals surface area contributed by atoms with Gasteiger partial charge in [0.2, 0.25) is 0 Å². The van der Waals surface area contributed by atoms with Crippen molar-refractivity contribution in [3.05, 3.63) is 60.2 Å². The molecule has 2 amide bonds. The highest BCUT2D eigenvalue weighted by Gasteiger charge is 2.02. The Hall–Kier alpha value is -1.81. The van der Waals surface area contributed by atoms with E-state index in [-0.39, 0.29) is 6.03 Å². The molecule has 0 atom stereocenters. The summed E-state index contributed by atoms with van der Waals surface area (Å²) < 4.78 is 0. The van der Waals surface area contributed by atoms with Crippen molar-refractivity contribution in [2.75, 3.05) is 10.6 Å². The van der Waals surface area contributed by atoms with Crippen LogP contribution in [0.4, 0.5) is 16.2 Å². The molecule has 2 N–H and O–H groups in total. The van der Waals surface area contributed by atoms with Crippen LogP contribution in [-0.2, 0) is 5.33 Å². The lowest BCUT2D eigenvalue weighted by atomic mass is 10.2. The number of urea groups is 1. The zero-order chi connectivity index (χ0) is 12.8. The Balaban J connectivity index is 1.99. The molecule has 0 aliphatic heterocycles. The Morgan fingerprint density at radius 3 is 2.33 bits per heavy atom. The quantitative estimate of drug-likeness (QED) is 0.819. The predicted molar refractivity (Wildman–Crippen MR) is 78.2 cm³/mol. The summed E-state index contributed by atoms with van der Waals surface area (Å²) in [5.41, 5.74) is 2.67. The van der Waals surface area contributed by atoms with Crippen molar-refractivity contribution in [3.8, 4) is 0 Å². The maximum absolute atomic E-state index is 11.7. The second-order valence-corrected chi connectivity index (χ2v) is 4.34. The monoisotopic (exact) mass is 304 g/mol. The third-order valence-electron chi connectivity index (χ3n) is 2.37. The summed E-state index contributed by atoms with van der Waals surface area (Å²) in [4.78, 5) is 11.7. The van der Waals surface area contributed by atoms with E-state index in [1.165, 1.54) is 0 Å². The fraction of sp³-hybridized carbons (Fsp3) is 0.0714. The lowest BCUT2D eigenvalue weighted by Crippen LogP contribution is -2.19. The summed E-state index contributed by atoms with van der Waals surface area (Å²) in [7, 11) is 0. The molecule has 18 heavy (non-hydrogen) atoms. The molecular weight excluding hydrogens is 292 g/mol. The van der Waals surface area contributed by atoms with Crippen LogP contribution < -0.4 is 10.6 Å². The number of hydrogen-bond donors (Lipinski definition) is 2. The summed E-state index contributed by atoms with van der Waals surface area (Å²) in [6.45, 7) is 0. The van der Waals surface area contributed by atoms with E-state index < -0.39 is 0 Å². The van der Waals surface area contributed by atoms with Crippen LogP contribution in [0.5, 0.6) is 0 Å². The van der Waals surface area contributed by atoms with Crippen molar-refractivity contribution in [1.29, 1.82) is 0 Å². The van der Waals surface area contributed by atoms with E-state index in [4.69, 9.17) is 0 Å². The molecule has 0 aliphatic carbocycles. The SMILES string of the molecule is O=C(Nc1ccccc1)Nc1cccc(CBr)c1. The van der Waals surface area contributed by atoms with Crippen LogP contribution in [0, 0.1) is 0 Å². The number of para-hydroxylation sites is 1. The number of amides is 2. The van der Waals surface area contributed by atoms with E-state index in [9.17, 15) is 4.79 Å². The minimum atomic E-state index is -0.243. The average Bonchev–Trinajstić information content (AvgIpc) is 2.40. The van der Waals surface area contributed by atoms with Gasteiger partial charge in [0.1, 0.15) is 0 Å². The summed E-state index contributed by atoms with van der Waals surface area (Å²) in [5, 5.41) is 6.33. The Morgan fingerprint density at radius 2 is 1.61 bits per heavy atom. The number of anilines is 2. The second-order valence-electron chi connectivity index (χ2n) is 3.78. The molecule has 0 unspecified atom stereocenters. The van der Waals surface area contributed by atoms with Gasteiger partial charge in [-0.25, -0.2) is 4.79 Å². The van der Waals surface area contributed by atoms with Crippen LogP contribution >= 0.6 is 15.9 Å². The first-order valence-electron chi connectivity index (χ1n) is 5.56. The number of halogens is 1. The number of carbonyl (C=O) groups excluding carboxylic acids is 1. The van der Waals surface area contributed by atoms with E-state index in [0.29, 0.717) is 0 Å². The highest BCUT2D eigenvalue weighted by molar-refractivity contribution is 9.08. The first kappa shape index (κ1) is 12.6. The van der Waals surface area contributed by atoms with Gasteiger partial charge in [-0.05, 0) is 29.8 Å². The minimum absolute atomic E-state index is 0.243. The van der Waals surface area contributed by atoms with Gasteiger partial charge >= 0.3 is 6.03 Å². The normalized spacial score (nSPS) is 9.83. The molecule has 2 aromatic carbocycles. The molecule has 2 rings (SSSR count). The number of alkyl halides is 1. The van der Waals surface area contributed by atoms with Crippen molar-refractivity contribution < 1.29 is 4.79 Å². The minimum Gasteiger partial charge on any atom is -0.308 e. The summed E-state index contributed by atoms with van der Waals surface area (Å²) in [5.74, 6) is 0. The molecule has 0 saturated heterocycles. The summed E-state index contributed by atoms with van der Waals surface area (Å²) in [6, 6.07) is 16.8. The van der Waals surface area contributed by atoms with Crippen molar-refractivity contribution in [3.63, 3.8) is 0 Å². The standard InChI is InChI=1S/C14H13BrN2O/c15-10-11-5-4-8-13(9-11)17-14(18)16-12-6-2-1-3-7-12/h1-9H,10H2,(H2,16,17,18). The molecule has 0 saturated carbocycles. The van der Waals surface area contributed by atoms with E-state index in [1.807, 2.05) is 54.6 Å². The van der Waals surface area contributed by atoms with Gasteiger partial charge < -0.3 is 10.6 Å².